The summed E-state index contributed by atoms with van der Waals surface area (Å²) in [4.78, 5) is 9.15. The van der Waals surface area contributed by atoms with Crippen molar-refractivity contribution in [2.24, 2.45) is 0 Å². The van der Waals surface area contributed by atoms with Crippen LogP contribution in [0, 0.1) is 10.1 Å². The second-order valence-electron chi connectivity index (χ2n) is 2.64. The number of hydrogen-bond donors (Lipinski definition) is 1. The van der Waals surface area contributed by atoms with Crippen molar-refractivity contribution in [3.05, 3.63) is 28.3 Å². The van der Waals surface area contributed by atoms with E-state index < -0.39 is 25.6 Å². The van der Waals surface area contributed by atoms with Gasteiger partial charge in [0.15, 0.2) is 0 Å². The van der Waals surface area contributed by atoms with Gasteiger partial charge < -0.3 is 9.87 Å². The van der Waals surface area contributed by atoms with Crippen LogP contribution in [0.5, 0.6) is 0 Å². The minimum atomic E-state index is -4.67. The van der Waals surface area contributed by atoms with Crippen LogP contribution in [-0.2, 0) is 10.1 Å². The second kappa shape index (κ2) is 5.60. The first-order chi connectivity index (χ1) is 6.86. The summed E-state index contributed by atoms with van der Waals surface area (Å²) in [5, 5.41) is 13.0. The first-order valence-corrected chi connectivity index (χ1v) is 5.19. The summed E-state index contributed by atoms with van der Waals surface area (Å²) in [6.45, 7) is 0. The minimum Gasteiger partial charge on any atom is -0.744 e. The van der Waals surface area contributed by atoms with Crippen molar-refractivity contribution in [3.63, 3.8) is 0 Å². The Kier molecular flexibility index (Phi) is 5.36. The van der Waals surface area contributed by atoms with E-state index in [4.69, 9.17) is 0 Å². The van der Waals surface area contributed by atoms with Crippen molar-refractivity contribution in [3.8, 4) is 0 Å². The average molecular weight is 254 g/mol. The van der Waals surface area contributed by atoms with Gasteiger partial charge in [-0.1, -0.05) is 0 Å². The number of nitro benzene ring substituents is 1. The molecule has 0 bridgehead atoms. The SMILES string of the molecule is CNc1ccc(S(=O)(=O)[O-])cc1[N+](=O)[O-].[Na+]. The molecule has 1 rings (SSSR count). The van der Waals surface area contributed by atoms with E-state index in [1.54, 1.807) is 0 Å². The third-order valence-corrected chi connectivity index (χ3v) is 2.56. The van der Waals surface area contributed by atoms with Crippen LogP contribution >= 0.6 is 0 Å². The van der Waals surface area contributed by atoms with Crippen molar-refractivity contribution in [1.82, 2.24) is 0 Å². The van der Waals surface area contributed by atoms with E-state index in [9.17, 15) is 23.1 Å². The maximum absolute atomic E-state index is 10.6. The van der Waals surface area contributed by atoms with Gasteiger partial charge in [-0.2, -0.15) is 0 Å². The molecule has 7 nitrogen and oxygen atoms in total. The van der Waals surface area contributed by atoms with Gasteiger partial charge in [0.05, 0.1) is 9.82 Å². The number of benzene rings is 1. The van der Waals surface area contributed by atoms with E-state index in [0.717, 1.165) is 12.1 Å². The molecule has 0 radical (unpaired) electrons. The molecule has 1 N–H and O–H groups in total. The Balaban J connectivity index is 0.00000225. The fraction of sp³-hybridized carbons (Fsp3) is 0.143. The van der Waals surface area contributed by atoms with Gasteiger partial charge in [0.25, 0.3) is 5.69 Å². The van der Waals surface area contributed by atoms with E-state index in [1.807, 2.05) is 0 Å². The molecule has 0 aliphatic carbocycles. The molecule has 0 atom stereocenters. The molecule has 0 fully saturated rings. The molecule has 0 spiro atoms. The fourth-order valence-electron chi connectivity index (χ4n) is 1.03. The van der Waals surface area contributed by atoms with Gasteiger partial charge in [-0.05, 0) is 12.1 Å². The normalized spacial score (nSPS) is 10.4. The van der Waals surface area contributed by atoms with Gasteiger partial charge in [0.2, 0.25) is 0 Å². The minimum absolute atomic E-state index is 0. The molecule has 82 valence electrons. The number of anilines is 1. The van der Waals surface area contributed by atoms with Crippen LogP contribution in [0.1, 0.15) is 0 Å². The first kappa shape index (κ1) is 15.3. The zero-order valence-electron chi connectivity index (χ0n) is 8.63. The molecule has 0 saturated heterocycles. The molecular formula is C7H7N2NaO5S. The summed E-state index contributed by atoms with van der Waals surface area (Å²) in [6, 6.07) is 2.91. The molecule has 0 aromatic heterocycles. The smallest absolute Gasteiger partial charge is 0.744 e. The molecule has 0 aliphatic heterocycles. The quantitative estimate of drug-likeness (QED) is 0.277. The van der Waals surface area contributed by atoms with Gasteiger partial charge >= 0.3 is 29.6 Å². The topological polar surface area (TPSA) is 112 Å². The van der Waals surface area contributed by atoms with Crippen molar-refractivity contribution >= 4 is 21.5 Å². The number of hydrogen-bond acceptors (Lipinski definition) is 6. The first-order valence-electron chi connectivity index (χ1n) is 3.78. The van der Waals surface area contributed by atoms with Gasteiger partial charge in [0, 0.05) is 13.1 Å². The van der Waals surface area contributed by atoms with Gasteiger partial charge in [-0.3, -0.25) is 10.1 Å². The van der Waals surface area contributed by atoms with E-state index in [1.165, 1.54) is 13.1 Å². The molecule has 0 aliphatic rings. The van der Waals surface area contributed by atoms with E-state index in [2.05, 4.69) is 5.32 Å². The Bertz CT molecular complexity index is 501. The van der Waals surface area contributed by atoms with Crippen molar-refractivity contribution in [1.29, 1.82) is 0 Å². The molecule has 9 heteroatoms. The van der Waals surface area contributed by atoms with Gasteiger partial charge in [0.1, 0.15) is 15.8 Å². The third kappa shape index (κ3) is 3.42. The van der Waals surface area contributed by atoms with Gasteiger partial charge in [-0.15, -0.1) is 0 Å². The largest absolute Gasteiger partial charge is 1.00 e. The summed E-state index contributed by atoms with van der Waals surface area (Å²) < 4.78 is 31.8. The predicted octanol–water partition coefficient (Wildman–Crippen LogP) is -2.46. The second-order valence-corrected chi connectivity index (χ2v) is 4.02. The molecule has 0 saturated carbocycles. The van der Waals surface area contributed by atoms with E-state index >= 15 is 0 Å². The van der Waals surface area contributed by atoms with Crippen LogP contribution in [0.25, 0.3) is 0 Å². The van der Waals surface area contributed by atoms with Crippen LogP contribution in [0.2, 0.25) is 0 Å². The Hall–Kier alpha value is -0.670. The number of nitro groups is 1. The Morgan fingerprint density at radius 3 is 2.31 bits per heavy atom. The number of nitrogens with one attached hydrogen (secondary N) is 1. The zero-order chi connectivity index (χ0) is 11.6. The standard InChI is InChI=1S/C7H8N2O5S.Na/c1-8-6-3-2-5(15(12,13)14)4-7(6)9(10)11;/h2-4,8H,1H3,(H,12,13,14);/q;+1/p-1. The molecule has 16 heavy (non-hydrogen) atoms. The summed E-state index contributed by atoms with van der Waals surface area (Å²) in [7, 11) is -3.21. The van der Waals surface area contributed by atoms with Crippen molar-refractivity contribution < 1.29 is 47.5 Å². The Morgan fingerprint density at radius 2 is 1.94 bits per heavy atom. The van der Waals surface area contributed by atoms with Crippen LogP contribution in [0.4, 0.5) is 11.4 Å². The van der Waals surface area contributed by atoms with Crippen LogP contribution in [0.15, 0.2) is 23.1 Å². The number of nitrogens with zero attached hydrogens (tertiary/aromatic N) is 1. The number of rotatable bonds is 3. The molecule has 0 heterocycles. The monoisotopic (exact) mass is 254 g/mol. The van der Waals surface area contributed by atoms with E-state index in [0.29, 0.717) is 0 Å². The van der Waals surface area contributed by atoms with E-state index in [-0.39, 0.29) is 35.2 Å². The summed E-state index contributed by atoms with van der Waals surface area (Å²) in [6.07, 6.45) is 0. The Morgan fingerprint density at radius 1 is 1.38 bits per heavy atom. The van der Waals surface area contributed by atoms with Crippen LogP contribution in [-0.4, -0.2) is 24.9 Å². The fourth-order valence-corrected chi connectivity index (χ4v) is 1.52. The predicted molar refractivity (Wildman–Crippen MR) is 50.6 cm³/mol. The average Bonchev–Trinajstić information content (AvgIpc) is 2.15. The summed E-state index contributed by atoms with van der Waals surface area (Å²) in [5.41, 5.74) is -0.304. The van der Waals surface area contributed by atoms with Crippen molar-refractivity contribution in [2.45, 2.75) is 4.90 Å². The zero-order valence-corrected chi connectivity index (χ0v) is 11.4. The van der Waals surface area contributed by atoms with Crippen molar-refractivity contribution in [2.75, 3.05) is 12.4 Å². The molecule has 1 aromatic carbocycles. The van der Waals surface area contributed by atoms with Crippen LogP contribution in [0.3, 0.4) is 0 Å². The molecule has 0 unspecified atom stereocenters. The molecule has 1 aromatic rings. The Labute approximate surface area is 114 Å². The maximum Gasteiger partial charge on any atom is 1.00 e. The summed E-state index contributed by atoms with van der Waals surface area (Å²) in [5.74, 6) is 0. The third-order valence-electron chi connectivity index (χ3n) is 1.72. The van der Waals surface area contributed by atoms with Crippen LogP contribution < -0.4 is 34.9 Å². The summed E-state index contributed by atoms with van der Waals surface area (Å²) >= 11 is 0. The van der Waals surface area contributed by atoms with Gasteiger partial charge in [-0.25, -0.2) is 8.42 Å². The molecule has 0 amide bonds. The molecular weight excluding hydrogens is 247 g/mol. The maximum atomic E-state index is 10.6.